The molecule has 0 spiro atoms. The molecule has 24 heavy (non-hydrogen) atoms. The van der Waals surface area contributed by atoms with E-state index in [4.69, 9.17) is 0 Å². The Morgan fingerprint density at radius 1 is 1.29 bits per heavy atom. The van der Waals surface area contributed by atoms with E-state index in [1.807, 2.05) is 0 Å². The zero-order valence-electron chi connectivity index (χ0n) is 13.2. The van der Waals surface area contributed by atoms with E-state index in [1.54, 1.807) is 12.1 Å². The van der Waals surface area contributed by atoms with Crippen LogP contribution in [0.1, 0.15) is 37.1 Å². The van der Waals surface area contributed by atoms with Crippen molar-refractivity contribution in [3.05, 3.63) is 41.5 Å². The van der Waals surface area contributed by atoms with Crippen LogP contribution in [-0.4, -0.2) is 33.9 Å². The van der Waals surface area contributed by atoms with E-state index < -0.39 is 0 Å². The average Bonchev–Trinajstić information content (AvgIpc) is 3.08. The molecular weight excluding hydrogens is 327 g/mol. The quantitative estimate of drug-likeness (QED) is 0.904. The Morgan fingerprint density at radius 2 is 2.08 bits per heavy atom. The van der Waals surface area contributed by atoms with Crippen molar-refractivity contribution >= 4 is 22.6 Å². The van der Waals surface area contributed by atoms with Gasteiger partial charge in [0.25, 0.3) is 0 Å². The molecule has 2 heterocycles. The van der Waals surface area contributed by atoms with Gasteiger partial charge >= 0.3 is 0 Å². The van der Waals surface area contributed by atoms with Gasteiger partial charge in [-0.2, -0.15) is 4.37 Å². The summed E-state index contributed by atoms with van der Waals surface area (Å²) in [7, 11) is 0. The molecule has 1 saturated heterocycles. The van der Waals surface area contributed by atoms with Crippen molar-refractivity contribution in [3.8, 4) is 0 Å². The van der Waals surface area contributed by atoms with E-state index in [0.717, 1.165) is 48.7 Å². The van der Waals surface area contributed by atoms with E-state index in [-0.39, 0.29) is 17.8 Å². The van der Waals surface area contributed by atoms with Crippen LogP contribution in [0.5, 0.6) is 0 Å². The summed E-state index contributed by atoms with van der Waals surface area (Å²) >= 11 is 1.34. The maximum atomic E-state index is 13.0. The summed E-state index contributed by atoms with van der Waals surface area (Å²) in [6.07, 6.45) is 4.63. The molecule has 2 aliphatic rings. The van der Waals surface area contributed by atoms with Crippen molar-refractivity contribution in [2.45, 2.75) is 44.2 Å². The highest BCUT2D eigenvalue weighted by Gasteiger charge is 2.35. The van der Waals surface area contributed by atoms with Crippen LogP contribution in [0.3, 0.4) is 0 Å². The number of carbonyl (C=O) groups excluding carboxylic acids is 1. The zero-order chi connectivity index (χ0) is 16.5. The molecule has 1 atom stereocenters. The molecule has 1 saturated carbocycles. The van der Waals surface area contributed by atoms with Gasteiger partial charge < -0.3 is 10.2 Å². The van der Waals surface area contributed by atoms with Crippen molar-refractivity contribution in [2.75, 3.05) is 11.4 Å². The molecule has 1 aliphatic carbocycles. The van der Waals surface area contributed by atoms with Gasteiger partial charge in [0.05, 0.1) is 0 Å². The number of anilines is 1. The third-order valence-corrected chi connectivity index (χ3v) is 5.25. The molecule has 1 N–H and O–H groups in total. The molecule has 2 fully saturated rings. The van der Waals surface area contributed by atoms with Gasteiger partial charge in [0.15, 0.2) is 0 Å². The lowest BCUT2D eigenvalue weighted by atomic mass is 10.1. The first kappa shape index (κ1) is 15.5. The second kappa shape index (κ2) is 6.47. The van der Waals surface area contributed by atoms with Crippen LogP contribution < -0.4 is 10.2 Å². The van der Waals surface area contributed by atoms with Gasteiger partial charge in [-0.1, -0.05) is 12.1 Å². The molecule has 2 aromatic rings. The largest absolute Gasteiger partial charge is 0.352 e. The summed E-state index contributed by atoms with van der Waals surface area (Å²) in [6.45, 7) is 0.841. The fourth-order valence-electron chi connectivity index (χ4n) is 3.01. The van der Waals surface area contributed by atoms with Crippen LogP contribution in [0.2, 0.25) is 0 Å². The second-order valence-electron chi connectivity index (χ2n) is 6.43. The maximum Gasteiger partial charge on any atom is 0.243 e. The Kier molecular flexibility index (Phi) is 4.18. The Morgan fingerprint density at radius 3 is 2.83 bits per heavy atom. The highest BCUT2D eigenvalue weighted by atomic mass is 32.1. The minimum absolute atomic E-state index is 0.116. The first-order chi connectivity index (χ1) is 11.7. The molecule has 0 bridgehead atoms. The SMILES string of the molecule is O=C(NC1CC1)[C@H]1CCCN1c1nc(Cc2ccc(F)cc2)ns1. The fraction of sp³-hybridized carbons (Fsp3) is 0.471. The van der Waals surface area contributed by atoms with Crippen LogP contribution in [0.15, 0.2) is 24.3 Å². The number of carbonyl (C=O) groups is 1. The van der Waals surface area contributed by atoms with Gasteiger partial charge in [-0.3, -0.25) is 4.79 Å². The summed E-state index contributed by atoms with van der Waals surface area (Å²) in [5.74, 6) is 0.590. The van der Waals surface area contributed by atoms with Crippen LogP contribution in [0.25, 0.3) is 0 Å². The number of hydrogen-bond acceptors (Lipinski definition) is 5. The van der Waals surface area contributed by atoms with Crippen molar-refractivity contribution in [1.82, 2.24) is 14.7 Å². The molecule has 0 unspecified atom stereocenters. The van der Waals surface area contributed by atoms with Crippen LogP contribution in [0.4, 0.5) is 9.52 Å². The molecular formula is C17H19FN4OS. The second-order valence-corrected chi connectivity index (χ2v) is 7.16. The van der Waals surface area contributed by atoms with Crippen LogP contribution >= 0.6 is 11.5 Å². The number of halogens is 1. The third kappa shape index (κ3) is 3.40. The molecule has 1 aliphatic heterocycles. The minimum atomic E-state index is -0.243. The Bertz CT molecular complexity index is 728. The fourth-order valence-corrected chi connectivity index (χ4v) is 3.77. The van der Waals surface area contributed by atoms with Gasteiger partial charge in [-0.05, 0) is 43.4 Å². The highest BCUT2D eigenvalue weighted by Crippen LogP contribution is 2.29. The standard InChI is InChI=1S/C17H19FN4OS/c18-12-5-3-11(4-6-12)10-15-20-17(24-21-15)22-9-1-2-14(22)16(23)19-13-7-8-13/h3-6,13-14H,1-2,7-10H2,(H,19,23)/t14-/m1/s1. The number of nitrogens with zero attached hydrogens (tertiary/aromatic N) is 3. The van der Waals surface area contributed by atoms with Crippen molar-refractivity contribution in [1.29, 1.82) is 0 Å². The smallest absolute Gasteiger partial charge is 0.243 e. The molecule has 1 aromatic carbocycles. The zero-order valence-corrected chi connectivity index (χ0v) is 14.1. The Hall–Kier alpha value is -2.02. The summed E-state index contributed by atoms with van der Waals surface area (Å²) in [5.41, 5.74) is 0.977. The van der Waals surface area contributed by atoms with Crippen molar-refractivity contribution in [3.63, 3.8) is 0 Å². The van der Waals surface area contributed by atoms with E-state index in [0.29, 0.717) is 12.5 Å². The Balaban J connectivity index is 1.44. The monoisotopic (exact) mass is 346 g/mol. The van der Waals surface area contributed by atoms with E-state index in [9.17, 15) is 9.18 Å². The number of amides is 1. The van der Waals surface area contributed by atoms with Gasteiger partial charge in [0.2, 0.25) is 11.0 Å². The van der Waals surface area contributed by atoms with Gasteiger partial charge in [0, 0.05) is 30.5 Å². The molecule has 1 amide bonds. The molecule has 5 nitrogen and oxygen atoms in total. The normalized spacial score (nSPS) is 20.4. The number of hydrogen-bond donors (Lipinski definition) is 1. The Labute approximate surface area is 144 Å². The van der Waals surface area contributed by atoms with Crippen molar-refractivity contribution < 1.29 is 9.18 Å². The number of aromatic nitrogens is 2. The topological polar surface area (TPSA) is 58.1 Å². The molecule has 1 aromatic heterocycles. The lowest BCUT2D eigenvalue weighted by molar-refractivity contribution is -0.122. The lowest BCUT2D eigenvalue weighted by Gasteiger charge is -2.22. The van der Waals surface area contributed by atoms with Gasteiger partial charge in [-0.25, -0.2) is 9.37 Å². The maximum absolute atomic E-state index is 13.0. The van der Waals surface area contributed by atoms with E-state index in [1.165, 1.54) is 23.7 Å². The molecule has 0 radical (unpaired) electrons. The van der Waals surface area contributed by atoms with Gasteiger partial charge in [0.1, 0.15) is 17.7 Å². The van der Waals surface area contributed by atoms with Crippen LogP contribution in [-0.2, 0) is 11.2 Å². The number of rotatable bonds is 5. The van der Waals surface area contributed by atoms with Gasteiger partial charge in [-0.15, -0.1) is 0 Å². The predicted octanol–water partition coefficient (Wildman–Crippen LogP) is 2.52. The minimum Gasteiger partial charge on any atom is -0.352 e. The number of benzene rings is 1. The first-order valence-corrected chi connectivity index (χ1v) is 9.10. The predicted molar refractivity (Wildman–Crippen MR) is 90.6 cm³/mol. The summed E-state index contributed by atoms with van der Waals surface area (Å²) < 4.78 is 17.4. The summed E-state index contributed by atoms with van der Waals surface area (Å²) in [5, 5.41) is 3.89. The summed E-state index contributed by atoms with van der Waals surface area (Å²) in [6, 6.07) is 6.64. The molecule has 7 heteroatoms. The van der Waals surface area contributed by atoms with Crippen LogP contribution in [0, 0.1) is 5.82 Å². The average molecular weight is 346 g/mol. The molecule has 126 valence electrons. The lowest BCUT2D eigenvalue weighted by Crippen LogP contribution is -2.44. The van der Waals surface area contributed by atoms with Crippen molar-refractivity contribution in [2.24, 2.45) is 0 Å². The third-order valence-electron chi connectivity index (χ3n) is 4.46. The van der Waals surface area contributed by atoms with E-state index >= 15 is 0 Å². The first-order valence-electron chi connectivity index (χ1n) is 8.33. The number of nitrogens with one attached hydrogen (secondary N) is 1. The van der Waals surface area contributed by atoms with E-state index in [2.05, 4.69) is 19.6 Å². The summed E-state index contributed by atoms with van der Waals surface area (Å²) in [4.78, 5) is 19.0. The molecule has 4 rings (SSSR count). The highest BCUT2D eigenvalue weighted by molar-refractivity contribution is 7.09.